The predicted molar refractivity (Wildman–Crippen MR) is 64.2 cm³/mol. The van der Waals surface area contributed by atoms with E-state index < -0.39 is 9.05 Å². The summed E-state index contributed by atoms with van der Waals surface area (Å²) in [6, 6.07) is 4.47. The Bertz CT molecular complexity index is 521. The first-order valence-corrected chi connectivity index (χ1v) is 7.07. The van der Waals surface area contributed by atoms with Crippen LogP contribution in [0.2, 0.25) is 0 Å². The normalized spacial score (nSPS) is 11.0. The van der Waals surface area contributed by atoms with Crippen LogP contribution in [0, 0.1) is 14.9 Å². The Morgan fingerprint density at radius 2 is 2.07 bits per heavy atom. The van der Waals surface area contributed by atoms with E-state index in [1.54, 1.807) is 6.07 Å². The molecule has 0 unspecified atom stereocenters. The number of nitrogens with zero attached hydrogens (tertiary/aromatic N) is 1. The zero-order valence-electron chi connectivity index (χ0n) is 6.53. The lowest BCUT2D eigenvalue weighted by molar-refractivity contribution is 0.609. The summed E-state index contributed by atoms with van der Waals surface area (Å²) in [6.45, 7) is 0. The summed E-state index contributed by atoms with van der Waals surface area (Å²) in [7, 11) is 1.26. The van der Waals surface area contributed by atoms with Gasteiger partial charge in [0.15, 0.2) is 0 Å². The molecule has 0 N–H and O–H groups in total. The van der Waals surface area contributed by atoms with Crippen LogP contribution in [0.5, 0.6) is 0 Å². The molecule has 0 heterocycles. The average Bonchev–Trinajstić information content (AvgIpc) is 2.07. The smallest absolute Gasteiger partial charge is 0.207 e. The first-order valence-electron chi connectivity index (χ1n) is 3.23. The molecule has 0 fully saturated rings. The third kappa shape index (κ3) is 2.53. The third-order valence-corrected chi connectivity index (χ3v) is 4.48. The summed E-state index contributed by atoms with van der Waals surface area (Å²) >= 11 is 6.00. The molecule has 74 valence electrons. The number of thiol groups is 1. The maximum absolute atomic E-state index is 11.1. The second kappa shape index (κ2) is 4.26. The van der Waals surface area contributed by atoms with Crippen molar-refractivity contribution in [3.63, 3.8) is 0 Å². The molecular weight excluding hydrogens is 357 g/mol. The molecule has 0 aliphatic rings. The maximum Gasteiger partial charge on any atom is 0.262 e. The van der Waals surface area contributed by atoms with Crippen LogP contribution in [0.1, 0.15) is 5.56 Å². The van der Waals surface area contributed by atoms with Crippen molar-refractivity contribution in [2.24, 2.45) is 0 Å². The molecule has 0 saturated carbocycles. The molecule has 0 bridgehead atoms. The standard InChI is InChI=1S/C7H3ClINO2S2/c8-14(11,12)7-2-6(13)5(9)1-4(7)3-10/h1-2,13H. The van der Waals surface area contributed by atoms with E-state index in [-0.39, 0.29) is 10.5 Å². The minimum absolute atomic E-state index is 0.0298. The molecule has 0 spiro atoms. The molecule has 1 rings (SSSR count). The zero-order chi connectivity index (χ0) is 10.9. The Morgan fingerprint density at radius 3 is 2.50 bits per heavy atom. The van der Waals surface area contributed by atoms with Crippen molar-refractivity contribution in [1.82, 2.24) is 0 Å². The number of halogens is 2. The highest BCUT2D eigenvalue weighted by atomic mass is 127. The van der Waals surface area contributed by atoms with Crippen molar-refractivity contribution >= 4 is 55.0 Å². The summed E-state index contributed by atoms with van der Waals surface area (Å²) < 4.78 is 22.8. The summed E-state index contributed by atoms with van der Waals surface area (Å²) in [5, 5.41) is 8.70. The molecule has 0 aromatic heterocycles. The van der Waals surface area contributed by atoms with E-state index in [1.807, 2.05) is 22.6 Å². The molecule has 1 aromatic rings. The molecule has 0 aliphatic heterocycles. The minimum Gasteiger partial charge on any atom is -0.207 e. The molecule has 3 nitrogen and oxygen atoms in total. The van der Waals surface area contributed by atoms with Crippen molar-refractivity contribution in [3.05, 3.63) is 21.3 Å². The van der Waals surface area contributed by atoms with E-state index in [4.69, 9.17) is 15.9 Å². The van der Waals surface area contributed by atoms with Crippen LogP contribution in [-0.2, 0) is 9.05 Å². The van der Waals surface area contributed by atoms with Gasteiger partial charge in [-0.25, -0.2) is 8.42 Å². The quantitative estimate of drug-likeness (QED) is 0.476. The number of benzene rings is 1. The van der Waals surface area contributed by atoms with Gasteiger partial charge in [-0.2, -0.15) is 5.26 Å². The molecule has 0 amide bonds. The summed E-state index contributed by atoms with van der Waals surface area (Å²) in [5.41, 5.74) is 0.0298. The molecular formula is C7H3ClINO2S2. The van der Waals surface area contributed by atoms with Crippen LogP contribution in [0.15, 0.2) is 21.9 Å². The molecule has 0 aliphatic carbocycles. The van der Waals surface area contributed by atoms with Gasteiger partial charge in [0.1, 0.15) is 11.0 Å². The van der Waals surface area contributed by atoms with E-state index >= 15 is 0 Å². The van der Waals surface area contributed by atoms with Crippen molar-refractivity contribution < 1.29 is 8.42 Å². The Morgan fingerprint density at radius 1 is 1.50 bits per heavy atom. The summed E-state index contributed by atoms with van der Waals surface area (Å²) in [4.78, 5) is 0.274. The van der Waals surface area contributed by atoms with Crippen LogP contribution in [0.4, 0.5) is 0 Å². The average molecular weight is 360 g/mol. The molecule has 7 heteroatoms. The van der Waals surface area contributed by atoms with E-state index in [0.29, 0.717) is 8.47 Å². The van der Waals surface area contributed by atoms with Crippen molar-refractivity contribution in [2.75, 3.05) is 0 Å². The minimum atomic E-state index is -3.89. The van der Waals surface area contributed by atoms with Gasteiger partial charge in [0.05, 0.1) is 5.56 Å². The Hall–Kier alpha value is 0.0300. The number of hydrogen-bond acceptors (Lipinski definition) is 4. The van der Waals surface area contributed by atoms with Crippen molar-refractivity contribution in [3.8, 4) is 6.07 Å². The van der Waals surface area contributed by atoms with Crippen LogP contribution >= 0.6 is 45.9 Å². The van der Waals surface area contributed by atoms with Gasteiger partial charge in [0.2, 0.25) is 0 Å². The van der Waals surface area contributed by atoms with E-state index in [0.717, 1.165) is 0 Å². The second-order valence-corrected chi connectivity index (χ2v) is 6.53. The summed E-state index contributed by atoms with van der Waals surface area (Å²) in [5.74, 6) is 0. The fourth-order valence-electron chi connectivity index (χ4n) is 0.832. The van der Waals surface area contributed by atoms with Crippen LogP contribution in [-0.4, -0.2) is 8.42 Å². The Labute approximate surface area is 105 Å². The maximum atomic E-state index is 11.1. The highest BCUT2D eigenvalue weighted by Gasteiger charge is 2.17. The largest absolute Gasteiger partial charge is 0.262 e. The van der Waals surface area contributed by atoms with Gasteiger partial charge in [-0.3, -0.25) is 0 Å². The number of hydrogen-bond donors (Lipinski definition) is 1. The predicted octanol–water partition coefficient (Wildman–Crippen LogP) is 2.38. The monoisotopic (exact) mass is 359 g/mol. The molecule has 0 radical (unpaired) electrons. The fraction of sp³-hybridized carbons (Fsp3) is 0. The van der Waals surface area contributed by atoms with E-state index in [9.17, 15) is 8.42 Å². The van der Waals surface area contributed by atoms with Gasteiger partial charge in [0, 0.05) is 19.1 Å². The molecule has 1 aromatic carbocycles. The molecule has 0 saturated heterocycles. The van der Waals surface area contributed by atoms with E-state index in [2.05, 4.69) is 12.6 Å². The van der Waals surface area contributed by atoms with Crippen LogP contribution in [0.25, 0.3) is 0 Å². The van der Waals surface area contributed by atoms with Gasteiger partial charge in [0.25, 0.3) is 9.05 Å². The van der Waals surface area contributed by atoms with Crippen molar-refractivity contribution in [2.45, 2.75) is 9.79 Å². The van der Waals surface area contributed by atoms with Crippen LogP contribution < -0.4 is 0 Å². The first kappa shape index (κ1) is 12.1. The zero-order valence-corrected chi connectivity index (χ0v) is 11.2. The van der Waals surface area contributed by atoms with Gasteiger partial charge in [-0.15, -0.1) is 12.6 Å². The van der Waals surface area contributed by atoms with Crippen molar-refractivity contribution in [1.29, 1.82) is 5.26 Å². The first-order chi connectivity index (χ1) is 6.36. The van der Waals surface area contributed by atoms with Gasteiger partial charge >= 0.3 is 0 Å². The van der Waals surface area contributed by atoms with Gasteiger partial charge < -0.3 is 0 Å². The van der Waals surface area contributed by atoms with Gasteiger partial charge in [-0.1, -0.05) is 0 Å². The second-order valence-electron chi connectivity index (χ2n) is 2.35. The SMILES string of the molecule is N#Cc1cc(I)c(S)cc1S(=O)(=O)Cl. The highest BCUT2D eigenvalue weighted by Crippen LogP contribution is 2.26. The fourth-order valence-corrected chi connectivity index (χ4v) is 2.59. The summed E-state index contributed by atoms with van der Waals surface area (Å²) in [6.07, 6.45) is 0. The van der Waals surface area contributed by atoms with Gasteiger partial charge in [-0.05, 0) is 34.7 Å². The Balaban J connectivity index is 3.61. The van der Waals surface area contributed by atoms with E-state index in [1.165, 1.54) is 12.1 Å². The highest BCUT2D eigenvalue weighted by molar-refractivity contribution is 14.1. The lowest BCUT2D eigenvalue weighted by Crippen LogP contribution is -1.96. The topological polar surface area (TPSA) is 57.9 Å². The lowest BCUT2D eigenvalue weighted by Gasteiger charge is -2.02. The Kier molecular flexibility index (Phi) is 3.69. The third-order valence-electron chi connectivity index (χ3n) is 1.43. The van der Waals surface area contributed by atoms with Crippen LogP contribution in [0.3, 0.4) is 0 Å². The number of nitriles is 1. The molecule has 0 atom stereocenters. The lowest BCUT2D eigenvalue weighted by atomic mass is 10.2. The number of rotatable bonds is 1. The molecule has 14 heavy (non-hydrogen) atoms.